The van der Waals surface area contributed by atoms with Gasteiger partial charge in [-0.15, -0.1) is 0 Å². The maximum atomic E-state index is 11.9. The third-order valence-electron chi connectivity index (χ3n) is 3.66. The molecule has 0 fully saturated rings. The molecule has 102 valence electrons. The summed E-state index contributed by atoms with van der Waals surface area (Å²) < 4.78 is 5.34. The van der Waals surface area contributed by atoms with Crippen LogP contribution in [-0.4, -0.2) is 19.1 Å². The molecule has 0 bridgehead atoms. The number of rotatable bonds is 10. The van der Waals surface area contributed by atoms with Crippen LogP contribution in [0.4, 0.5) is 0 Å². The Bertz CT molecular complexity index is 192. The first-order valence-corrected chi connectivity index (χ1v) is 7.04. The maximum Gasteiger partial charge on any atom is 0.313 e. The molecule has 3 nitrogen and oxygen atoms in total. The van der Waals surface area contributed by atoms with Crippen LogP contribution in [0.3, 0.4) is 0 Å². The van der Waals surface area contributed by atoms with Crippen molar-refractivity contribution in [1.82, 2.24) is 0 Å². The Morgan fingerprint density at radius 3 is 2.12 bits per heavy atom. The van der Waals surface area contributed by atoms with Crippen molar-refractivity contribution in [2.45, 2.75) is 65.7 Å². The predicted octanol–water partition coefficient (Wildman–Crippen LogP) is 3.27. The van der Waals surface area contributed by atoms with Crippen molar-refractivity contribution in [2.24, 2.45) is 11.1 Å². The monoisotopic (exact) mass is 243 g/mol. The first kappa shape index (κ1) is 16.4. The van der Waals surface area contributed by atoms with Crippen LogP contribution in [-0.2, 0) is 9.53 Å². The third kappa shape index (κ3) is 5.53. The molecule has 2 N–H and O–H groups in total. The molecule has 0 saturated heterocycles. The molecule has 0 saturated carbocycles. The lowest BCUT2D eigenvalue weighted by molar-refractivity contribution is -0.156. The number of hydrogen-bond donors (Lipinski definition) is 1. The quantitative estimate of drug-likeness (QED) is 0.473. The highest BCUT2D eigenvalue weighted by Gasteiger charge is 2.34. The molecule has 3 heteroatoms. The summed E-state index contributed by atoms with van der Waals surface area (Å²) in [7, 11) is 0. The average Bonchev–Trinajstić information content (AvgIpc) is 2.36. The number of nitrogens with two attached hydrogens (primary N) is 1. The van der Waals surface area contributed by atoms with Crippen molar-refractivity contribution in [1.29, 1.82) is 0 Å². The number of carbonyl (C=O) groups excluding carboxylic acids is 1. The predicted molar refractivity (Wildman–Crippen MR) is 71.8 cm³/mol. The molecule has 0 unspecified atom stereocenters. The van der Waals surface area contributed by atoms with E-state index in [9.17, 15) is 4.79 Å². The second-order valence-corrected chi connectivity index (χ2v) is 4.74. The first-order chi connectivity index (χ1) is 8.16. The van der Waals surface area contributed by atoms with E-state index in [1.165, 1.54) is 19.3 Å². The minimum Gasteiger partial charge on any atom is -0.465 e. The fourth-order valence-electron chi connectivity index (χ4n) is 1.93. The van der Waals surface area contributed by atoms with E-state index in [4.69, 9.17) is 10.5 Å². The SMILES string of the molecule is CCCCCCCOC(=O)C(CC)(CC)CN. The summed E-state index contributed by atoms with van der Waals surface area (Å²) in [6.07, 6.45) is 7.38. The molecule has 0 spiro atoms. The van der Waals surface area contributed by atoms with Crippen LogP contribution in [0.5, 0.6) is 0 Å². The Balaban J connectivity index is 3.83. The Morgan fingerprint density at radius 2 is 1.65 bits per heavy atom. The minimum absolute atomic E-state index is 0.111. The van der Waals surface area contributed by atoms with Crippen molar-refractivity contribution < 1.29 is 9.53 Å². The van der Waals surface area contributed by atoms with Crippen molar-refractivity contribution in [3.63, 3.8) is 0 Å². The summed E-state index contributed by atoms with van der Waals surface area (Å²) in [4.78, 5) is 11.9. The van der Waals surface area contributed by atoms with Gasteiger partial charge in [-0.3, -0.25) is 4.79 Å². The fraction of sp³-hybridized carbons (Fsp3) is 0.929. The molecule has 0 amide bonds. The molecule has 0 heterocycles. The smallest absolute Gasteiger partial charge is 0.313 e. The molecule has 0 atom stereocenters. The Kier molecular flexibility index (Phi) is 9.14. The van der Waals surface area contributed by atoms with Crippen LogP contribution in [0.1, 0.15) is 65.7 Å². The van der Waals surface area contributed by atoms with E-state index in [-0.39, 0.29) is 5.97 Å². The molecule has 0 aromatic heterocycles. The van der Waals surface area contributed by atoms with Crippen LogP contribution in [0, 0.1) is 5.41 Å². The third-order valence-corrected chi connectivity index (χ3v) is 3.66. The standard InChI is InChI=1S/C14H29NO2/c1-4-7-8-9-10-11-17-13(16)14(5-2,6-3)12-15/h4-12,15H2,1-3H3. The van der Waals surface area contributed by atoms with E-state index >= 15 is 0 Å². The largest absolute Gasteiger partial charge is 0.465 e. The van der Waals surface area contributed by atoms with E-state index in [1.54, 1.807) is 0 Å². The Morgan fingerprint density at radius 1 is 1.06 bits per heavy atom. The number of unbranched alkanes of at least 4 members (excludes halogenated alkanes) is 4. The lowest BCUT2D eigenvalue weighted by atomic mass is 9.82. The molecule has 0 aromatic carbocycles. The number of hydrogen-bond acceptors (Lipinski definition) is 3. The number of ether oxygens (including phenoxy) is 1. The summed E-state index contributed by atoms with van der Waals surface area (Å²) in [5.41, 5.74) is 5.24. The zero-order chi connectivity index (χ0) is 13.1. The van der Waals surface area contributed by atoms with Crippen LogP contribution in [0.15, 0.2) is 0 Å². The fourth-order valence-corrected chi connectivity index (χ4v) is 1.93. The highest BCUT2D eigenvalue weighted by molar-refractivity contribution is 5.77. The van der Waals surface area contributed by atoms with Gasteiger partial charge in [0.1, 0.15) is 0 Å². The molecule has 0 aliphatic rings. The van der Waals surface area contributed by atoms with E-state index < -0.39 is 5.41 Å². The molecule has 0 aliphatic heterocycles. The molecule has 0 rings (SSSR count). The van der Waals surface area contributed by atoms with Crippen LogP contribution >= 0.6 is 0 Å². The maximum absolute atomic E-state index is 11.9. The average molecular weight is 243 g/mol. The zero-order valence-corrected chi connectivity index (χ0v) is 11.8. The first-order valence-electron chi connectivity index (χ1n) is 7.04. The molecular weight excluding hydrogens is 214 g/mol. The number of esters is 1. The Labute approximate surface area is 106 Å². The van der Waals surface area contributed by atoms with Crippen LogP contribution in [0.25, 0.3) is 0 Å². The van der Waals surface area contributed by atoms with Gasteiger partial charge in [0.25, 0.3) is 0 Å². The number of carbonyl (C=O) groups is 1. The summed E-state index contributed by atoms with van der Waals surface area (Å²) in [6.45, 7) is 7.12. The van der Waals surface area contributed by atoms with Gasteiger partial charge < -0.3 is 10.5 Å². The lowest BCUT2D eigenvalue weighted by Crippen LogP contribution is -2.39. The van der Waals surface area contributed by atoms with Crippen LogP contribution < -0.4 is 5.73 Å². The van der Waals surface area contributed by atoms with Crippen molar-refractivity contribution in [3.8, 4) is 0 Å². The second-order valence-electron chi connectivity index (χ2n) is 4.74. The van der Waals surface area contributed by atoms with Gasteiger partial charge in [0.2, 0.25) is 0 Å². The van der Waals surface area contributed by atoms with Crippen molar-refractivity contribution in [3.05, 3.63) is 0 Å². The van der Waals surface area contributed by atoms with Gasteiger partial charge in [-0.25, -0.2) is 0 Å². The highest BCUT2D eigenvalue weighted by atomic mass is 16.5. The van der Waals surface area contributed by atoms with Gasteiger partial charge in [0, 0.05) is 6.54 Å². The summed E-state index contributed by atoms with van der Waals surface area (Å²) in [6, 6.07) is 0. The molecule has 0 radical (unpaired) electrons. The van der Waals surface area contributed by atoms with Gasteiger partial charge in [0.05, 0.1) is 12.0 Å². The second kappa shape index (κ2) is 9.46. The Hall–Kier alpha value is -0.570. The normalized spacial score (nSPS) is 11.5. The van der Waals surface area contributed by atoms with Gasteiger partial charge in [-0.2, -0.15) is 0 Å². The topological polar surface area (TPSA) is 52.3 Å². The molecule has 0 aliphatic carbocycles. The molecule has 17 heavy (non-hydrogen) atoms. The van der Waals surface area contributed by atoms with Crippen LogP contribution in [0.2, 0.25) is 0 Å². The van der Waals surface area contributed by atoms with E-state index in [0.29, 0.717) is 13.2 Å². The van der Waals surface area contributed by atoms with Gasteiger partial charge in [-0.05, 0) is 19.3 Å². The zero-order valence-electron chi connectivity index (χ0n) is 11.8. The summed E-state index contributed by atoms with van der Waals surface area (Å²) in [5, 5.41) is 0. The summed E-state index contributed by atoms with van der Waals surface area (Å²) >= 11 is 0. The van der Waals surface area contributed by atoms with Gasteiger partial charge in [0.15, 0.2) is 0 Å². The van der Waals surface area contributed by atoms with Crippen molar-refractivity contribution in [2.75, 3.05) is 13.2 Å². The molecular formula is C14H29NO2. The van der Waals surface area contributed by atoms with E-state index in [0.717, 1.165) is 25.7 Å². The summed E-state index contributed by atoms with van der Waals surface area (Å²) in [5.74, 6) is -0.111. The van der Waals surface area contributed by atoms with E-state index in [1.807, 2.05) is 13.8 Å². The van der Waals surface area contributed by atoms with E-state index in [2.05, 4.69) is 6.92 Å². The van der Waals surface area contributed by atoms with Gasteiger partial charge >= 0.3 is 5.97 Å². The molecule has 0 aromatic rings. The minimum atomic E-state index is -0.455. The highest BCUT2D eigenvalue weighted by Crippen LogP contribution is 2.26. The lowest BCUT2D eigenvalue weighted by Gasteiger charge is -2.27. The van der Waals surface area contributed by atoms with Gasteiger partial charge in [-0.1, -0.05) is 46.5 Å². The van der Waals surface area contributed by atoms with Crippen molar-refractivity contribution >= 4 is 5.97 Å².